The van der Waals surface area contributed by atoms with Gasteiger partial charge in [0.1, 0.15) is 28.2 Å². The van der Waals surface area contributed by atoms with E-state index in [0.29, 0.717) is 10.6 Å². The number of benzene rings is 2. The molecule has 2 aromatic carbocycles. The van der Waals surface area contributed by atoms with Gasteiger partial charge >= 0.3 is 0 Å². The van der Waals surface area contributed by atoms with Gasteiger partial charge in [-0.1, -0.05) is 23.9 Å². The quantitative estimate of drug-likeness (QED) is 0.279. The molecular formula is C19H11FN4O2S2. The number of thiazole rings is 1. The molecule has 0 atom stereocenters. The van der Waals surface area contributed by atoms with E-state index >= 15 is 0 Å². The van der Waals surface area contributed by atoms with Crippen molar-refractivity contribution in [2.24, 2.45) is 0 Å². The topological polar surface area (TPSA) is 95.8 Å². The Morgan fingerprint density at radius 1 is 1.18 bits per heavy atom. The maximum Gasteiger partial charge on any atom is 0.277 e. The zero-order chi connectivity index (χ0) is 19.5. The SMILES string of the molecule is N#C/C(=C(/O)CSc1nnc(-c2ccc(F)cc2)o1)c1nc2ccccc2s1. The highest BCUT2D eigenvalue weighted by Gasteiger charge is 2.16. The van der Waals surface area contributed by atoms with Gasteiger partial charge in [0.15, 0.2) is 0 Å². The first-order valence-corrected chi connectivity index (χ1v) is 9.84. The second-order valence-corrected chi connectivity index (χ2v) is 7.55. The van der Waals surface area contributed by atoms with E-state index in [1.807, 2.05) is 30.3 Å². The van der Waals surface area contributed by atoms with Gasteiger partial charge in [-0.3, -0.25) is 0 Å². The highest BCUT2D eigenvalue weighted by molar-refractivity contribution is 7.99. The Labute approximate surface area is 167 Å². The van der Waals surface area contributed by atoms with E-state index in [0.717, 1.165) is 22.0 Å². The fourth-order valence-electron chi connectivity index (χ4n) is 2.39. The Morgan fingerprint density at radius 2 is 1.96 bits per heavy atom. The predicted molar refractivity (Wildman–Crippen MR) is 105 cm³/mol. The van der Waals surface area contributed by atoms with Crippen molar-refractivity contribution in [2.45, 2.75) is 5.22 Å². The fourth-order valence-corrected chi connectivity index (χ4v) is 4.02. The lowest BCUT2D eigenvalue weighted by Gasteiger charge is -1.99. The first-order chi connectivity index (χ1) is 13.6. The summed E-state index contributed by atoms with van der Waals surface area (Å²) in [5, 5.41) is 28.3. The Balaban J connectivity index is 1.51. The van der Waals surface area contributed by atoms with Gasteiger partial charge in [-0.15, -0.1) is 21.5 Å². The van der Waals surface area contributed by atoms with Crippen molar-refractivity contribution in [3.63, 3.8) is 0 Å². The van der Waals surface area contributed by atoms with Crippen molar-refractivity contribution in [1.82, 2.24) is 15.2 Å². The minimum absolute atomic E-state index is 0.0733. The summed E-state index contributed by atoms with van der Waals surface area (Å²) in [5.41, 5.74) is 1.48. The number of aliphatic hydroxyl groups is 1. The molecule has 9 heteroatoms. The van der Waals surface area contributed by atoms with E-state index in [9.17, 15) is 14.8 Å². The average Bonchev–Trinajstić information content (AvgIpc) is 3.34. The van der Waals surface area contributed by atoms with Gasteiger partial charge in [-0.25, -0.2) is 9.37 Å². The number of aliphatic hydroxyl groups excluding tert-OH is 1. The maximum absolute atomic E-state index is 13.0. The van der Waals surface area contributed by atoms with E-state index in [1.54, 1.807) is 0 Å². The van der Waals surface area contributed by atoms with Crippen molar-refractivity contribution in [3.05, 3.63) is 65.1 Å². The number of halogens is 1. The van der Waals surface area contributed by atoms with Crippen molar-refractivity contribution >= 4 is 38.9 Å². The summed E-state index contributed by atoms with van der Waals surface area (Å²) in [6, 6.07) is 15.2. The molecule has 0 radical (unpaired) electrons. The maximum atomic E-state index is 13.0. The lowest BCUT2D eigenvalue weighted by atomic mass is 10.2. The molecule has 28 heavy (non-hydrogen) atoms. The van der Waals surface area contributed by atoms with E-state index in [1.165, 1.54) is 35.6 Å². The summed E-state index contributed by atoms with van der Waals surface area (Å²) in [5.74, 6) is -0.151. The molecule has 0 amide bonds. The number of hydrogen-bond acceptors (Lipinski definition) is 8. The van der Waals surface area contributed by atoms with Crippen LogP contribution in [0.3, 0.4) is 0 Å². The molecule has 138 valence electrons. The molecule has 0 aliphatic carbocycles. The lowest BCUT2D eigenvalue weighted by Crippen LogP contribution is -1.92. The Kier molecular flexibility index (Phi) is 5.06. The summed E-state index contributed by atoms with van der Waals surface area (Å²) < 4.78 is 19.5. The normalized spacial score (nSPS) is 12.0. The van der Waals surface area contributed by atoms with Gasteiger partial charge in [0, 0.05) is 5.56 Å². The second-order valence-electron chi connectivity index (χ2n) is 5.59. The minimum Gasteiger partial charge on any atom is -0.510 e. The van der Waals surface area contributed by atoms with Gasteiger partial charge in [0.25, 0.3) is 5.22 Å². The van der Waals surface area contributed by atoms with E-state index in [-0.39, 0.29) is 34.0 Å². The number of thioether (sulfide) groups is 1. The number of hydrogen-bond donors (Lipinski definition) is 1. The largest absolute Gasteiger partial charge is 0.510 e. The monoisotopic (exact) mass is 410 g/mol. The molecule has 6 nitrogen and oxygen atoms in total. The first kappa shape index (κ1) is 18.2. The summed E-state index contributed by atoms with van der Waals surface area (Å²) in [4.78, 5) is 4.40. The van der Waals surface area contributed by atoms with Gasteiger partial charge in [-0.05, 0) is 36.4 Å². The molecule has 0 bridgehead atoms. The lowest BCUT2D eigenvalue weighted by molar-refractivity contribution is 0.419. The van der Waals surface area contributed by atoms with Crippen molar-refractivity contribution < 1.29 is 13.9 Å². The van der Waals surface area contributed by atoms with E-state index < -0.39 is 0 Å². The average molecular weight is 410 g/mol. The van der Waals surface area contributed by atoms with Crippen molar-refractivity contribution in [2.75, 3.05) is 5.75 Å². The van der Waals surface area contributed by atoms with Gasteiger partial charge < -0.3 is 9.52 Å². The smallest absolute Gasteiger partial charge is 0.277 e. The summed E-state index contributed by atoms with van der Waals surface area (Å²) in [6.07, 6.45) is 0. The molecule has 0 unspecified atom stereocenters. The zero-order valence-electron chi connectivity index (χ0n) is 14.2. The molecule has 2 aromatic heterocycles. The van der Waals surface area contributed by atoms with E-state index in [4.69, 9.17) is 4.42 Å². The van der Waals surface area contributed by atoms with Crippen LogP contribution in [0.2, 0.25) is 0 Å². The number of aromatic nitrogens is 3. The third kappa shape index (κ3) is 3.74. The molecule has 4 rings (SSSR count). The Morgan fingerprint density at radius 3 is 2.71 bits per heavy atom. The molecule has 0 fully saturated rings. The number of para-hydroxylation sites is 1. The van der Waals surface area contributed by atoms with Gasteiger partial charge in [-0.2, -0.15) is 5.26 Å². The van der Waals surface area contributed by atoms with Crippen LogP contribution in [0.15, 0.2) is 63.9 Å². The molecule has 0 saturated carbocycles. The number of nitriles is 1. The summed E-state index contributed by atoms with van der Waals surface area (Å²) in [7, 11) is 0. The Hall–Kier alpha value is -3.22. The van der Waals surface area contributed by atoms with Crippen LogP contribution in [0.5, 0.6) is 0 Å². The summed E-state index contributed by atoms with van der Waals surface area (Å²) >= 11 is 2.44. The van der Waals surface area contributed by atoms with Crippen LogP contribution < -0.4 is 0 Å². The van der Waals surface area contributed by atoms with Crippen LogP contribution in [0.4, 0.5) is 4.39 Å². The fraction of sp³-hybridized carbons (Fsp3) is 0.0526. The number of nitrogens with zero attached hydrogens (tertiary/aromatic N) is 4. The van der Waals surface area contributed by atoms with E-state index in [2.05, 4.69) is 15.2 Å². The molecule has 0 aliphatic heterocycles. The van der Waals surface area contributed by atoms with Gasteiger partial charge in [0.05, 0.1) is 16.0 Å². The van der Waals surface area contributed by atoms with Crippen LogP contribution in [0.1, 0.15) is 5.01 Å². The molecule has 0 spiro atoms. The molecule has 0 aliphatic rings. The third-order valence-corrected chi connectivity index (χ3v) is 5.62. The highest BCUT2D eigenvalue weighted by atomic mass is 32.2. The van der Waals surface area contributed by atoms with Crippen molar-refractivity contribution in [1.29, 1.82) is 5.26 Å². The van der Waals surface area contributed by atoms with Crippen LogP contribution in [-0.2, 0) is 0 Å². The third-order valence-electron chi connectivity index (χ3n) is 3.74. The predicted octanol–water partition coefficient (Wildman–Crippen LogP) is 5.07. The highest BCUT2D eigenvalue weighted by Crippen LogP contribution is 2.30. The van der Waals surface area contributed by atoms with Gasteiger partial charge in [0.2, 0.25) is 5.89 Å². The van der Waals surface area contributed by atoms with Crippen LogP contribution >= 0.6 is 23.1 Å². The molecule has 0 saturated heterocycles. The van der Waals surface area contributed by atoms with Crippen molar-refractivity contribution in [3.8, 4) is 17.5 Å². The molecule has 4 aromatic rings. The number of allylic oxidation sites excluding steroid dienone is 1. The second kappa shape index (κ2) is 7.80. The Bertz CT molecular complexity index is 1180. The molecular weight excluding hydrogens is 399 g/mol. The zero-order valence-corrected chi connectivity index (χ0v) is 15.8. The molecule has 2 heterocycles. The molecule has 1 N–H and O–H groups in total. The van der Waals surface area contributed by atoms with Crippen LogP contribution in [0, 0.1) is 17.1 Å². The van der Waals surface area contributed by atoms with Crippen LogP contribution in [0.25, 0.3) is 27.2 Å². The standard InChI is InChI=1S/C19H11FN4O2S2/c20-12-7-5-11(6-8-12)17-23-24-19(26-17)27-10-15(25)13(9-21)18-22-14-3-1-2-4-16(14)28-18/h1-8,25H,10H2/b15-13-. The first-order valence-electron chi connectivity index (χ1n) is 8.04. The minimum atomic E-state index is -0.355. The van der Waals surface area contributed by atoms with Crippen LogP contribution in [-0.4, -0.2) is 26.0 Å². The number of fused-ring (bicyclic) bond motifs is 1. The summed E-state index contributed by atoms with van der Waals surface area (Å²) in [6.45, 7) is 0. The number of rotatable bonds is 5.